The van der Waals surface area contributed by atoms with Crippen LogP contribution >= 0.6 is 0 Å². The van der Waals surface area contributed by atoms with Crippen molar-refractivity contribution in [2.75, 3.05) is 32.6 Å². The van der Waals surface area contributed by atoms with Crippen LogP contribution in [0.15, 0.2) is 47.1 Å². The molecule has 1 aromatic rings. The molecule has 5 N–H and O–H groups in total. The van der Waals surface area contributed by atoms with Crippen molar-refractivity contribution in [3.05, 3.63) is 47.9 Å². The number of ether oxygens (including phenoxy) is 1. The van der Waals surface area contributed by atoms with Crippen LogP contribution in [0.1, 0.15) is 44.9 Å². The summed E-state index contributed by atoms with van der Waals surface area (Å²) in [7, 11) is 3.98. The minimum atomic E-state index is -0.605. The van der Waals surface area contributed by atoms with Gasteiger partial charge in [0.25, 0.3) is 5.91 Å². The Bertz CT molecular complexity index is 1180. The monoisotopic (exact) mass is 555 g/mol. The van der Waals surface area contributed by atoms with Crippen molar-refractivity contribution < 1.29 is 18.7 Å². The predicted molar refractivity (Wildman–Crippen MR) is 148 cm³/mol. The number of aromatic nitrogens is 1. The number of aliphatic imine (C=N–C) groups is 1. The molecule has 2 aliphatic carbocycles. The molecule has 13 heteroatoms. The second-order valence-corrected chi connectivity index (χ2v) is 10.9. The summed E-state index contributed by atoms with van der Waals surface area (Å²) < 4.78 is 19.4. The summed E-state index contributed by atoms with van der Waals surface area (Å²) in [5, 5.41) is 14.1. The predicted octanol–water partition coefficient (Wildman–Crippen LogP) is 1.77. The van der Waals surface area contributed by atoms with Crippen molar-refractivity contribution in [1.29, 1.82) is 0 Å². The number of nitrogens with one attached hydrogen (secondary N) is 5. The van der Waals surface area contributed by atoms with Crippen molar-refractivity contribution in [3.8, 4) is 0 Å². The minimum absolute atomic E-state index is 0.0601. The number of hydrogen-bond acceptors (Lipinski definition) is 9. The first kappa shape index (κ1) is 27.7. The summed E-state index contributed by atoms with van der Waals surface area (Å²) in [4.78, 5) is 36.0. The standard InChI is InChI=1S/C27H38FN9O3/c1-36(2)12-3-13-40-27(39)33-19-8-6-18(7-9-19)32-24-14-22(31-17-4-5-17)25-30-16-23(37(25)35-24)26(38)34-21-10-11-29-15-20(21)28/h10-11,14-19,25,30-31H,3-9,12-13H2,1-2H3,(H,32,35)(H,33,39)(H,29,34,38). The van der Waals surface area contributed by atoms with E-state index in [-0.39, 0.29) is 30.0 Å². The van der Waals surface area contributed by atoms with Crippen LogP contribution in [0.4, 0.5) is 14.9 Å². The third-order valence-corrected chi connectivity index (χ3v) is 7.24. The highest BCUT2D eigenvalue weighted by molar-refractivity contribution is 6.04. The number of carbonyl (C=O) groups excluding carboxylic acids is 2. The van der Waals surface area contributed by atoms with Gasteiger partial charge in [0.1, 0.15) is 11.5 Å². The normalized spacial score (nSPS) is 24.9. The van der Waals surface area contributed by atoms with Crippen molar-refractivity contribution in [2.24, 2.45) is 4.99 Å². The van der Waals surface area contributed by atoms with Gasteiger partial charge in [0.15, 0.2) is 12.0 Å². The highest BCUT2D eigenvalue weighted by Gasteiger charge is 2.38. The zero-order chi connectivity index (χ0) is 28.1. The lowest BCUT2D eigenvalue weighted by Gasteiger charge is -2.36. The molecule has 0 aromatic carbocycles. The van der Waals surface area contributed by atoms with E-state index >= 15 is 0 Å². The summed E-state index contributed by atoms with van der Waals surface area (Å²) in [6.07, 6.45) is 11.7. The van der Waals surface area contributed by atoms with Crippen molar-refractivity contribution in [1.82, 2.24) is 36.3 Å². The number of nitrogens with zero attached hydrogens (tertiary/aromatic N) is 4. The highest BCUT2D eigenvalue weighted by Crippen LogP contribution is 2.28. The number of hydrazine groups is 1. The fourth-order valence-electron chi connectivity index (χ4n) is 4.96. The van der Waals surface area contributed by atoms with E-state index in [1.807, 2.05) is 20.2 Å². The highest BCUT2D eigenvalue weighted by atomic mass is 19.1. The maximum Gasteiger partial charge on any atom is 0.407 e. The van der Waals surface area contributed by atoms with Gasteiger partial charge in [-0.1, -0.05) is 0 Å². The van der Waals surface area contributed by atoms with Crippen molar-refractivity contribution in [2.45, 2.75) is 69.2 Å². The van der Waals surface area contributed by atoms with Gasteiger partial charge in [-0.15, -0.1) is 0 Å². The summed E-state index contributed by atoms with van der Waals surface area (Å²) in [5.41, 5.74) is 4.57. The Kier molecular flexibility index (Phi) is 8.68. The number of rotatable bonds is 10. The van der Waals surface area contributed by atoms with Gasteiger partial charge < -0.3 is 30.9 Å². The number of anilines is 1. The van der Waals surface area contributed by atoms with Gasteiger partial charge in [-0.3, -0.25) is 25.2 Å². The van der Waals surface area contributed by atoms with Crippen LogP contribution in [-0.2, 0) is 9.53 Å². The Morgan fingerprint density at radius 3 is 2.70 bits per heavy atom. The average Bonchev–Trinajstić information content (AvgIpc) is 3.64. The maximum absolute atomic E-state index is 14.1. The third-order valence-electron chi connectivity index (χ3n) is 7.24. The first-order valence-electron chi connectivity index (χ1n) is 13.9. The fraction of sp³-hybridized carbons (Fsp3) is 0.556. The molecule has 0 spiro atoms. The Balaban J connectivity index is 1.18. The van der Waals surface area contributed by atoms with Crippen LogP contribution in [0.25, 0.3) is 0 Å². The first-order valence-corrected chi connectivity index (χ1v) is 13.9. The van der Waals surface area contributed by atoms with E-state index in [9.17, 15) is 14.0 Å². The van der Waals surface area contributed by atoms with Gasteiger partial charge >= 0.3 is 6.09 Å². The lowest BCUT2D eigenvalue weighted by molar-refractivity contribution is -0.114. The zero-order valence-corrected chi connectivity index (χ0v) is 23.0. The molecule has 2 fully saturated rings. The smallest absolute Gasteiger partial charge is 0.407 e. The zero-order valence-electron chi connectivity index (χ0n) is 23.0. The molecular weight excluding hydrogens is 517 g/mol. The van der Waals surface area contributed by atoms with E-state index in [1.165, 1.54) is 12.3 Å². The number of halogens is 1. The molecule has 2 saturated carbocycles. The van der Waals surface area contributed by atoms with Gasteiger partial charge in [-0.25, -0.2) is 9.18 Å². The van der Waals surface area contributed by atoms with Crippen LogP contribution in [0.5, 0.6) is 0 Å². The van der Waals surface area contributed by atoms with Crippen molar-refractivity contribution >= 4 is 23.5 Å². The Hall–Kier alpha value is -3.87. The summed E-state index contributed by atoms with van der Waals surface area (Å²) in [6, 6.07) is 1.97. The second-order valence-electron chi connectivity index (χ2n) is 10.9. The van der Waals surface area contributed by atoms with Gasteiger partial charge in [0.2, 0.25) is 0 Å². The van der Waals surface area contributed by atoms with E-state index in [4.69, 9.17) is 9.73 Å². The molecule has 5 rings (SSSR count). The second kappa shape index (κ2) is 12.5. The van der Waals surface area contributed by atoms with Crippen LogP contribution in [-0.4, -0.2) is 84.3 Å². The fourth-order valence-corrected chi connectivity index (χ4v) is 4.96. The Labute approximate surface area is 233 Å². The number of carbonyl (C=O) groups is 2. The van der Waals surface area contributed by atoms with Gasteiger partial charge in [0.05, 0.1) is 30.2 Å². The Morgan fingerprint density at radius 2 is 1.98 bits per heavy atom. The lowest BCUT2D eigenvalue weighted by atomic mass is 9.91. The molecule has 216 valence electrons. The van der Waals surface area contributed by atoms with Crippen LogP contribution in [0.2, 0.25) is 0 Å². The number of hydrogen-bond donors (Lipinski definition) is 5. The van der Waals surface area contributed by atoms with E-state index in [1.54, 1.807) is 11.2 Å². The van der Waals surface area contributed by atoms with Crippen LogP contribution < -0.4 is 26.7 Å². The maximum atomic E-state index is 14.1. The molecule has 1 atom stereocenters. The molecule has 3 heterocycles. The minimum Gasteiger partial charge on any atom is -0.450 e. The largest absolute Gasteiger partial charge is 0.450 e. The number of pyridine rings is 1. The summed E-state index contributed by atoms with van der Waals surface area (Å²) in [6.45, 7) is 1.28. The van der Waals surface area contributed by atoms with Crippen LogP contribution in [0.3, 0.4) is 0 Å². The molecule has 40 heavy (non-hydrogen) atoms. The first-order chi connectivity index (χ1) is 19.4. The number of alkyl carbamates (subject to hydrolysis) is 1. The number of fused-ring (bicyclic) bond motifs is 1. The van der Waals surface area contributed by atoms with E-state index in [0.29, 0.717) is 24.2 Å². The van der Waals surface area contributed by atoms with Gasteiger partial charge in [-0.05, 0) is 65.1 Å². The summed E-state index contributed by atoms with van der Waals surface area (Å²) in [5.74, 6) is -0.417. The molecule has 0 bridgehead atoms. The quantitative estimate of drug-likeness (QED) is 0.274. The molecule has 0 radical (unpaired) electrons. The third kappa shape index (κ3) is 7.20. The number of amides is 2. The topological polar surface area (TPSA) is 135 Å². The molecule has 1 unspecified atom stereocenters. The van der Waals surface area contributed by atoms with Gasteiger partial charge in [0, 0.05) is 37.1 Å². The molecule has 1 aromatic heterocycles. The molecule has 0 saturated heterocycles. The van der Waals surface area contributed by atoms with E-state index < -0.39 is 11.7 Å². The Morgan fingerprint density at radius 1 is 1.20 bits per heavy atom. The van der Waals surface area contributed by atoms with Gasteiger partial charge in [-0.2, -0.15) is 0 Å². The molecule has 2 amide bonds. The lowest BCUT2D eigenvalue weighted by Crippen LogP contribution is -2.56. The molecule has 12 nitrogen and oxygen atoms in total. The number of amidine groups is 1. The van der Waals surface area contributed by atoms with Crippen molar-refractivity contribution in [3.63, 3.8) is 0 Å². The van der Waals surface area contributed by atoms with Crippen LogP contribution in [0, 0.1) is 5.82 Å². The molecule has 4 aliphatic rings. The van der Waals surface area contributed by atoms with E-state index in [0.717, 1.165) is 63.4 Å². The molecular formula is C27H38FN9O3. The summed E-state index contributed by atoms with van der Waals surface area (Å²) >= 11 is 0. The van der Waals surface area contributed by atoms with E-state index in [2.05, 4.69) is 36.6 Å². The average molecular weight is 556 g/mol. The molecule has 2 aliphatic heterocycles. The SMILES string of the molecule is CN(C)CCCOC(=O)NC1CCC(N=C2C=C(NC3CC3)C3NC=C(C(=O)Nc4ccncc4F)N3N2)CC1.